The minimum atomic E-state index is -2.92. The molecule has 1 fully saturated rings. The maximum atomic E-state index is 12.3. The number of fused-ring (bicyclic) bond motifs is 1. The third kappa shape index (κ3) is 3.93. The SMILES string of the molecule is CN(CC(=O)Nc1cccc2c1CCCC2)[C@H]1CCS(=O)(=O)C1. The van der Waals surface area contributed by atoms with Crippen LogP contribution < -0.4 is 5.32 Å². The Labute approximate surface area is 138 Å². The number of aryl methyl sites for hydroxylation is 1. The molecule has 1 aromatic carbocycles. The lowest BCUT2D eigenvalue weighted by Crippen LogP contribution is -2.38. The second kappa shape index (κ2) is 6.61. The fourth-order valence-corrected chi connectivity index (χ4v) is 5.37. The van der Waals surface area contributed by atoms with E-state index in [1.165, 1.54) is 24.0 Å². The number of benzene rings is 1. The highest BCUT2D eigenvalue weighted by molar-refractivity contribution is 7.91. The number of amides is 1. The van der Waals surface area contributed by atoms with Gasteiger partial charge in [-0.05, 0) is 56.3 Å². The van der Waals surface area contributed by atoms with Crippen molar-refractivity contribution in [2.75, 3.05) is 30.4 Å². The summed E-state index contributed by atoms with van der Waals surface area (Å²) in [5.74, 6) is 0.323. The van der Waals surface area contributed by atoms with Crippen LogP contribution in [0.25, 0.3) is 0 Å². The molecule has 6 heteroatoms. The van der Waals surface area contributed by atoms with E-state index in [2.05, 4.69) is 11.4 Å². The standard InChI is InChI=1S/C17H24N2O3S/c1-19(14-9-10-23(21,22)12-14)11-17(20)18-16-8-4-6-13-5-2-3-7-15(13)16/h4,6,8,14H,2-3,5,7,9-12H2,1H3,(H,18,20)/t14-/m0/s1. The molecule has 1 amide bonds. The largest absolute Gasteiger partial charge is 0.325 e. The van der Waals surface area contributed by atoms with Crippen LogP contribution in [0.4, 0.5) is 5.69 Å². The first-order chi connectivity index (χ1) is 10.9. The Morgan fingerprint density at radius 3 is 2.83 bits per heavy atom. The van der Waals surface area contributed by atoms with Crippen molar-refractivity contribution in [2.45, 2.75) is 38.1 Å². The zero-order valence-corrected chi connectivity index (χ0v) is 14.4. The first-order valence-corrected chi connectivity index (χ1v) is 10.1. The van der Waals surface area contributed by atoms with Crippen molar-refractivity contribution in [3.05, 3.63) is 29.3 Å². The van der Waals surface area contributed by atoms with Gasteiger partial charge in [-0.1, -0.05) is 12.1 Å². The summed E-state index contributed by atoms with van der Waals surface area (Å²) in [6.45, 7) is 0.226. The average Bonchev–Trinajstić information content (AvgIpc) is 2.88. The average molecular weight is 336 g/mol. The lowest BCUT2D eigenvalue weighted by molar-refractivity contribution is -0.117. The Kier molecular flexibility index (Phi) is 4.73. The van der Waals surface area contributed by atoms with Crippen molar-refractivity contribution in [2.24, 2.45) is 0 Å². The van der Waals surface area contributed by atoms with E-state index in [1.807, 2.05) is 24.1 Å². The van der Waals surface area contributed by atoms with Gasteiger partial charge in [-0.3, -0.25) is 9.69 Å². The van der Waals surface area contributed by atoms with E-state index in [-0.39, 0.29) is 30.0 Å². The molecule has 0 unspecified atom stereocenters. The van der Waals surface area contributed by atoms with Crippen LogP contribution in [-0.4, -0.2) is 50.4 Å². The van der Waals surface area contributed by atoms with Gasteiger partial charge in [-0.25, -0.2) is 8.42 Å². The van der Waals surface area contributed by atoms with Gasteiger partial charge in [0.15, 0.2) is 9.84 Å². The summed E-state index contributed by atoms with van der Waals surface area (Å²) in [6.07, 6.45) is 5.09. The van der Waals surface area contributed by atoms with Crippen LogP contribution in [0.5, 0.6) is 0 Å². The van der Waals surface area contributed by atoms with Crippen molar-refractivity contribution >= 4 is 21.4 Å². The van der Waals surface area contributed by atoms with E-state index in [1.54, 1.807) is 0 Å². The van der Waals surface area contributed by atoms with Gasteiger partial charge in [0, 0.05) is 11.7 Å². The molecule has 1 N–H and O–H groups in total. The molecule has 23 heavy (non-hydrogen) atoms. The van der Waals surface area contributed by atoms with Gasteiger partial charge >= 0.3 is 0 Å². The Bertz CT molecular complexity index is 700. The van der Waals surface area contributed by atoms with E-state index >= 15 is 0 Å². The lowest BCUT2D eigenvalue weighted by atomic mass is 9.90. The molecule has 3 rings (SSSR count). The van der Waals surface area contributed by atoms with Crippen LogP contribution in [0.1, 0.15) is 30.4 Å². The predicted octanol–water partition coefficient (Wildman–Crippen LogP) is 1.62. The Hall–Kier alpha value is -1.40. The Morgan fingerprint density at radius 2 is 2.09 bits per heavy atom. The molecule has 0 bridgehead atoms. The van der Waals surface area contributed by atoms with Gasteiger partial charge in [0.2, 0.25) is 5.91 Å². The maximum Gasteiger partial charge on any atom is 0.238 e. The number of carbonyl (C=O) groups is 1. The van der Waals surface area contributed by atoms with Crippen molar-refractivity contribution in [1.29, 1.82) is 0 Å². The summed E-state index contributed by atoms with van der Waals surface area (Å²) < 4.78 is 23.1. The number of carbonyl (C=O) groups excluding carboxylic acids is 1. The van der Waals surface area contributed by atoms with E-state index in [4.69, 9.17) is 0 Å². The van der Waals surface area contributed by atoms with Gasteiger partial charge in [0.1, 0.15) is 0 Å². The highest BCUT2D eigenvalue weighted by atomic mass is 32.2. The number of hydrogen-bond acceptors (Lipinski definition) is 4. The molecule has 1 aliphatic heterocycles. The van der Waals surface area contributed by atoms with E-state index in [9.17, 15) is 13.2 Å². The monoisotopic (exact) mass is 336 g/mol. The van der Waals surface area contributed by atoms with E-state index in [0.29, 0.717) is 6.42 Å². The van der Waals surface area contributed by atoms with Crippen molar-refractivity contribution in [3.63, 3.8) is 0 Å². The van der Waals surface area contributed by atoms with Crippen LogP contribution in [0.15, 0.2) is 18.2 Å². The number of anilines is 1. The number of nitrogens with one attached hydrogen (secondary N) is 1. The second-order valence-electron chi connectivity index (χ2n) is 6.67. The minimum Gasteiger partial charge on any atom is -0.325 e. The van der Waals surface area contributed by atoms with Gasteiger partial charge in [0.25, 0.3) is 0 Å². The third-order valence-electron chi connectivity index (χ3n) is 4.89. The quantitative estimate of drug-likeness (QED) is 0.907. The smallest absolute Gasteiger partial charge is 0.238 e. The Morgan fingerprint density at radius 1 is 1.30 bits per heavy atom. The highest BCUT2D eigenvalue weighted by Gasteiger charge is 2.31. The predicted molar refractivity (Wildman–Crippen MR) is 91.4 cm³/mol. The molecular weight excluding hydrogens is 312 g/mol. The molecule has 1 aromatic rings. The van der Waals surface area contributed by atoms with E-state index < -0.39 is 9.84 Å². The highest BCUT2D eigenvalue weighted by Crippen LogP contribution is 2.27. The number of hydrogen-bond donors (Lipinski definition) is 1. The minimum absolute atomic E-state index is 0.0459. The molecule has 1 aliphatic carbocycles. The van der Waals surface area contributed by atoms with Gasteiger partial charge in [-0.15, -0.1) is 0 Å². The number of nitrogens with zero attached hydrogens (tertiary/aromatic N) is 1. The van der Waals surface area contributed by atoms with Gasteiger partial charge in [-0.2, -0.15) is 0 Å². The molecule has 0 spiro atoms. The Balaban J connectivity index is 1.62. The van der Waals surface area contributed by atoms with Crippen LogP contribution >= 0.6 is 0 Å². The lowest BCUT2D eigenvalue weighted by Gasteiger charge is -2.23. The summed E-state index contributed by atoms with van der Waals surface area (Å²) in [4.78, 5) is 14.2. The van der Waals surface area contributed by atoms with Gasteiger partial charge in [0.05, 0.1) is 18.1 Å². The zero-order valence-electron chi connectivity index (χ0n) is 13.5. The topological polar surface area (TPSA) is 66.5 Å². The third-order valence-corrected chi connectivity index (χ3v) is 6.65. The molecule has 0 saturated carbocycles. The summed E-state index contributed by atoms with van der Waals surface area (Å²) in [5.41, 5.74) is 3.52. The molecule has 1 saturated heterocycles. The zero-order chi connectivity index (χ0) is 16.4. The van der Waals surface area contributed by atoms with Gasteiger partial charge < -0.3 is 5.32 Å². The normalized spacial score (nSPS) is 22.8. The summed E-state index contributed by atoms with van der Waals surface area (Å²) >= 11 is 0. The molecule has 1 heterocycles. The van der Waals surface area contributed by atoms with Crippen LogP contribution in [0.2, 0.25) is 0 Å². The molecule has 2 aliphatic rings. The number of sulfone groups is 1. The maximum absolute atomic E-state index is 12.3. The fourth-order valence-electron chi connectivity index (χ4n) is 3.57. The van der Waals surface area contributed by atoms with E-state index in [0.717, 1.165) is 18.5 Å². The van der Waals surface area contributed by atoms with Crippen molar-refractivity contribution < 1.29 is 13.2 Å². The first kappa shape index (κ1) is 16.5. The summed E-state index contributed by atoms with van der Waals surface area (Å²) in [5, 5.41) is 3.02. The van der Waals surface area contributed by atoms with Crippen molar-refractivity contribution in [3.8, 4) is 0 Å². The van der Waals surface area contributed by atoms with Crippen LogP contribution in [-0.2, 0) is 27.5 Å². The molecule has 0 radical (unpaired) electrons. The summed E-state index contributed by atoms with van der Waals surface area (Å²) in [6, 6.07) is 6.05. The first-order valence-electron chi connectivity index (χ1n) is 8.26. The number of likely N-dealkylation sites (N-methyl/N-ethyl adjacent to an activating group) is 1. The fraction of sp³-hybridized carbons (Fsp3) is 0.588. The molecular formula is C17H24N2O3S. The molecule has 126 valence electrons. The van der Waals surface area contributed by atoms with Crippen LogP contribution in [0.3, 0.4) is 0 Å². The molecule has 5 nitrogen and oxygen atoms in total. The second-order valence-corrected chi connectivity index (χ2v) is 8.90. The molecule has 1 atom stereocenters. The number of rotatable bonds is 4. The molecule has 0 aromatic heterocycles. The van der Waals surface area contributed by atoms with Crippen LogP contribution in [0, 0.1) is 0 Å². The summed E-state index contributed by atoms with van der Waals surface area (Å²) in [7, 11) is -1.10. The van der Waals surface area contributed by atoms with Crippen molar-refractivity contribution in [1.82, 2.24) is 4.90 Å².